The molecule has 8 nitrogen and oxygen atoms in total. The zero-order chi connectivity index (χ0) is 22.5. The average molecular weight is 425 g/mol. The molecule has 0 aliphatic rings. The lowest BCUT2D eigenvalue weighted by Crippen LogP contribution is -2.15. The van der Waals surface area contributed by atoms with Gasteiger partial charge in [0.25, 0.3) is 0 Å². The summed E-state index contributed by atoms with van der Waals surface area (Å²) in [6, 6.07) is 7.56. The van der Waals surface area contributed by atoms with Crippen molar-refractivity contribution in [2.75, 3.05) is 14.2 Å². The second kappa shape index (κ2) is 9.07. The lowest BCUT2D eigenvalue weighted by Gasteiger charge is -2.12. The van der Waals surface area contributed by atoms with Gasteiger partial charge in [-0.15, -0.1) is 0 Å². The highest BCUT2D eigenvalue weighted by molar-refractivity contribution is 6.17. The van der Waals surface area contributed by atoms with Gasteiger partial charge in [-0.3, -0.25) is 10.1 Å². The maximum atomic E-state index is 12.9. The number of ether oxygens (including phenoxy) is 3. The van der Waals surface area contributed by atoms with Crippen LogP contribution in [0.5, 0.6) is 11.5 Å². The number of nitro benzene ring substituents is 1. The smallest absolute Gasteiger partial charge is 0.416 e. The molecule has 2 aromatic rings. The molecule has 0 saturated carbocycles. The number of rotatable bonds is 6. The first-order valence-corrected chi connectivity index (χ1v) is 8.09. The van der Waals surface area contributed by atoms with E-state index in [0.717, 1.165) is 26.4 Å². The predicted octanol–water partition coefficient (Wildman–Crippen LogP) is 4.14. The molecule has 0 aliphatic heterocycles. The second-order valence-electron chi connectivity index (χ2n) is 5.62. The Morgan fingerprint density at radius 2 is 1.60 bits per heavy atom. The lowest BCUT2D eigenvalue weighted by molar-refractivity contribution is -0.385. The highest BCUT2D eigenvalue weighted by atomic mass is 19.4. The Bertz CT molecular complexity index is 997. The van der Waals surface area contributed by atoms with Gasteiger partial charge in [-0.05, 0) is 24.3 Å². The van der Waals surface area contributed by atoms with Crippen LogP contribution < -0.4 is 4.74 Å². The van der Waals surface area contributed by atoms with E-state index in [4.69, 9.17) is 4.74 Å². The van der Waals surface area contributed by atoms with Crippen LogP contribution in [-0.4, -0.2) is 31.1 Å². The topological polar surface area (TPSA) is 105 Å². The van der Waals surface area contributed by atoms with Crippen LogP contribution in [0.2, 0.25) is 0 Å². The monoisotopic (exact) mass is 425 g/mol. The number of alkyl halides is 3. The zero-order valence-corrected chi connectivity index (χ0v) is 15.6. The van der Waals surface area contributed by atoms with Gasteiger partial charge < -0.3 is 14.2 Å². The first kappa shape index (κ1) is 22.4. The van der Waals surface area contributed by atoms with Crippen molar-refractivity contribution in [2.45, 2.75) is 6.18 Å². The number of halogens is 3. The fraction of sp³-hybridized carbons (Fsp3) is 0.158. The number of carbonyl (C=O) groups excluding carboxylic acids is 2. The number of nitro groups is 1. The van der Waals surface area contributed by atoms with E-state index in [9.17, 15) is 32.9 Å². The molecule has 0 spiro atoms. The number of hydrogen-bond acceptors (Lipinski definition) is 7. The highest BCUT2D eigenvalue weighted by Gasteiger charge is 2.33. The minimum absolute atomic E-state index is 0.0642. The van der Waals surface area contributed by atoms with Gasteiger partial charge in [0.2, 0.25) is 5.75 Å². The van der Waals surface area contributed by atoms with E-state index in [2.05, 4.69) is 9.47 Å². The molecule has 11 heteroatoms. The lowest BCUT2D eigenvalue weighted by atomic mass is 10.1. The number of benzene rings is 2. The van der Waals surface area contributed by atoms with Gasteiger partial charge in [0.15, 0.2) is 0 Å². The van der Waals surface area contributed by atoms with Gasteiger partial charge in [0, 0.05) is 11.6 Å². The van der Waals surface area contributed by atoms with Crippen LogP contribution in [0.1, 0.15) is 11.1 Å². The number of methoxy groups -OCH3 is 2. The summed E-state index contributed by atoms with van der Waals surface area (Å²) in [4.78, 5) is 33.9. The molecule has 158 valence electrons. The Labute approximate surface area is 167 Å². The number of nitrogens with zero attached hydrogens (tertiary/aromatic N) is 1. The van der Waals surface area contributed by atoms with Crippen LogP contribution in [0, 0.1) is 10.1 Å². The molecule has 0 bridgehead atoms. The highest BCUT2D eigenvalue weighted by Crippen LogP contribution is 2.38. The summed E-state index contributed by atoms with van der Waals surface area (Å²) in [6.45, 7) is 0. The summed E-state index contributed by atoms with van der Waals surface area (Å²) < 4.78 is 53.0. The van der Waals surface area contributed by atoms with Crippen LogP contribution >= 0.6 is 0 Å². The molecule has 2 aromatic carbocycles. The molecule has 0 fully saturated rings. The van der Waals surface area contributed by atoms with Crippen molar-refractivity contribution in [3.63, 3.8) is 0 Å². The SMILES string of the molecule is COC(=O)C(=Cc1ccccc1Oc1ccc(C(F)(F)F)cc1[N+](=O)[O-])C(=O)OC. The first-order valence-electron chi connectivity index (χ1n) is 8.09. The number of para-hydroxylation sites is 1. The summed E-state index contributed by atoms with van der Waals surface area (Å²) in [5.74, 6) is -2.54. The third-order valence-electron chi connectivity index (χ3n) is 3.73. The van der Waals surface area contributed by atoms with Crippen LogP contribution in [0.25, 0.3) is 6.08 Å². The van der Waals surface area contributed by atoms with Crippen molar-refractivity contribution in [1.29, 1.82) is 0 Å². The van der Waals surface area contributed by atoms with E-state index < -0.39 is 45.6 Å². The first-order chi connectivity index (χ1) is 14.1. The molecular weight excluding hydrogens is 411 g/mol. The van der Waals surface area contributed by atoms with Crippen molar-refractivity contribution < 1.29 is 41.9 Å². The molecule has 0 radical (unpaired) electrons. The van der Waals surface area contributed by atoms with Crippen molar-refractivity contribution in [3.8, 4) is 11.5 Å². The van der Waals surface area contributed by atoms with E-state index in [-0.39, 0.29) is 11.3 Å². The predicted molar refractivity (Wildman–Crippen MR) is 96.6 cm³/mol. The minimum atomic E-state index is -4.78. The molecule has 2 rings (SSSR count). The van der Waals surface area contributed by atoms with Gasteiger partial charge in [-0.2, -0.15) is 13.2 Å². The number of hydrogen-bond donors (Lipinski definition) is 0. The summed E-state index contributed by atoms with van der Waals surface area (Å²) in [6.07, 6.45) is -3.71. The number of esters is 2. The van der Waals surface area contributed by atoms with Gasteiger partial charge in [0.05, 0.1) is 24.7 Å². The molecule has 0 saturated heterocycles. The Morgan fingerprint density at radius 1 is 1.00 bits per heavy atom. The Hall–Kier alpha value is -3.89. The Morgan fingerprint density at radius 3 is 2.13 bits per heavy atom. The van der Waals surface area contributed by atoms with E-state index in [1.165, 1.54) is 24.3 Å². The summed E-state index contributed by atoms with van der Waals surface area (Å²) >= 11 is 0. The molecular formula is C19H14F3NO7. The standard InChI is InChI=1S/C19H14F3NO7/c1-28-17(24)13(18(25)29-2)9-11-5-3-4-6-15(11)30-16-8-7-12(19(20,21)22)10-14(16)23(26)27/h3-10H,1-2H3. The second-order valence-corrected chi connectivity index (χ2v) is 5.62. The molecule has 0 unspecified atom stereocenters. The van der Waals surface area contributed by atoms with E-state index in [1.54, 1.807) is 0 Å². The van der Waals surface area contributed by atoms with Crippen LogP contribution in [-0.2, 0) is 25.2 Å². The Kier molecular flexibility index (Phi) is 6.77. The molecule has 0 heterocycles. The summed E-state index contributed by atoms with van der Waals surface area (Å²) in [5.41, 5.74) is -2.49. The largest absolute Gasteiger partial charge is 0.465 e. The summed E-state index contributed by atoms with van der Waals surface area (Å²) in [7, 11) is 2.10. The van der Waals surface area contributed by atoms with Crippen LogP contribution in [0.4, 0.5) is 18.9 Å². The van der Waals surface area contributed by atoms with Crippen molar-refractivity contribution >= 4 is 23.7 Å². The van der Waals surface area contributed by atoms with Gasteiger partial charge in [0.1, 0.15) is 11.3 Å². The fourth-order valence-corrected chi connectivity index (χ4v) is 2.31. The maximum absolute atomic E-state index is 12.9. The van der Waals surface area contributed by atoms with Crippen molar-refractivity contribution in [1.82, 2.24) is 0 Å². The van der Waals surface area contributed by atoms with Gasteiger partial charge >= 0.3 is 23.8 Å². The fourth-order valence-electron chi connectivity index (χ4n) is 2.31. The van der Waals surface area contributed by atoms with E-state index >= 15 is 0 Å². The molecule has 0 atom stereocenters. The molecule has 0 N–H and O–H groups in total. The van der Waals surface area contributed by atoms with Gasteiger partial charge in [-0.25, -0.2) is 9.59 Å². The van der Waals surface area contributed by atoms with Crippen molar-refractivity contribution in [3.05, 3.63) is 69.3 Å². The normalized spacial score (nSPS) is 10.7. The third-order valence-corrected chi connectivity index (χ3v) is 3.73. The average Bonchev–Trinajstić information content (AvgIpc) is 2.71. The molecule has 0 aliphatic carbocycles. The minimum Gasteiger partial charge on any atom is -0.465 e. The van der Waals surface area contributed by atoms with Crippen molar-refractivity contribution in [2.24, 2.45) is 0 Å². The molecule has 0 aromatic heterocycles. The maximum Gasteiger partial charge on any atom is 0.416 e. The third kappa shape index (κ3) is 5.13. The quantitative estimate of drug-likeness (QED) is 0.171. The van der Waals surface area contributed by atoms with E-state index in [0.29, 0.717) is 12.1 Å². The van der Waals surface area contributed by atoms with Crippen LogP contribution in [0.3, 0.4) is 0 Å². The van der Waals surface area contributed by atoms with Gasteiger partial charge in [-0.1, -0.05) is 18.2 Å². The zero-order valence-electron chi connectivity index (χ0n) is 15.6. The molecule has 30 heavy (non-hydrogen) atoms. The van der Waals surface area contributed by atoms with E-state index in [1.807, 2.05) is 0 Å². The van der Waals surface area contributed by atoms with Crippen LogP contribution in [0.15, 0.2) is 48.0 Å². The summed E-state index contributed by atoms with van der Waals surface area (Å²) in [5, 5.41) is 11.2. The Balaban J connectivity index is 2.54. The molecule has 0 amide bonds. The number of carbonyl (C=O) groups is 2.